The first-order valence-electron chi connectivity index (χ1n) is 9.28. The zero-order chi connectivity index (χ0) is 22.2. The summed E-state index contributed by atoms with van der Waals surface area (Å²) in [6.07, 6.45) is 3.46. The largest absolute Gasteiger partial charge is 0.497 e. The summed E-state index contributed by atoms with van der Waals surface area (Å²) in [6.45, 7) is 1.46. The number of aromatic nitrogens is 2. The molecule has 2 aromatic heterocycles. The number of rotatable bonds is 8. The van der Waals surface area contributed by atoms with E-state index in [0.29, 0.717) is 22.9 Å². The Morgan fingerprint density at radius 2 is 1.81 bits per heavy atom. The van der Waals surface area contributed by atoms with Gasteiger partial charge in [-0.2, -0.15) is 0 Å². The first-order valence-corrected chi connectivity index (χ1v) is 9.28. The monoisotopic (exact) mass is 423 g/mol. The summed E-state index contributed by atoms with van der Waals surface area (Å²) >= 11 is 0. The van der Waals surface area contributed by atoms with Crippen LogP contribution in [-0.2, 0) is 9.53 Å². The average Bonchev–Trinajstić information content (AvgIpc) is 2.79. The van der Waals surface area contributed by atoms with Crippen LogP contribution in [-0.4, -0.2) is 42.2 Å². The minimum atomic E-state index is -1.10. The van der Waals surface area contributed by atoms with Crippen molar-refractivity contribution in [2.45, 2.75) is 13.0 Å². The molecule has 2 heterocycles. The molecule has 3 aromatic rings. The molecule has 0 spiro atoms. The number of carbonyl (C=O) groups excluding carboxylic acids is 2. The Labute approximate surface area is 179 Å². The van der Waals surface area contributed by atoms with Gasteiger partial charge in [-0.25, -0.2) is 9.78 Å². The third-order valence-electron chi connectivity index (χ3n) is 4.16. The van der Waals surface area contributed by atoms with Crippen LogP contribution in [0.3, 0.4) is 0 Å². The fourth-order valence-corrected chi connectivity index (χ4v) is 2.57. The molecule has 1 unspecified atom stereocenters. The highest BCUT2D eigenvalue weighted by molar-refractivity contribution is 5.99. The van der Waals surface area contributed by atoms with Gasteiger partial charge in [0.15, 0.2) is 6.10 Å². The number of anilines is 1. The smallest absolute Gasteiger partial charge is 0.344 e. The van der Waals surface area contributed by atoms with Crippen LogP contribution in [0.25, 0.3) is 0 Å². The molecule has 3 rings (SSSR count). The van der Waals surface area contributed by atoms with Gasteiger partial charge in [-0.3, -0.25) is 9.78 Å². The lowest BCUT2D eigenvalue weighted by Crippen LogP contribution is -2.30. The zero-order valence-corrected chi connectivity index (χ0v) is 17.2. The van der Waals surface area contributed by atoms with Gasteiger partial charge < -0.3 is 24.3 Å². The van der Waals surface area contributed by atoms with E-state index in [9.17, 15) is 9.59 Å². The Morgan fingerprint density at radius 3 is 2.52 bits per heavy atom. The summed E-state index contributed by atoms with van der Waals surface area (Å²) in [5.74, 6) is 0.125. The number of hydrogen-bond donors (Lipinski definition) is 1. The molecule has 0 aliphatic rings. The van der Waals surface area contributed by atoms with Crippen LogP contribution in [0, 0.1) is 0 Å². The third kappa shape index (κ3) is 5.47. The first kappa shape index (κ1) is 21.6. The molecule has 0 aliphatic heterocycles. The van der Waals surface area contributed by atoms with Crippen LogP contribution >= 0.6 is 0 Å². The van der Waals surface area contributed by atoms with Crippen LogP contribution in [0.15, 0.2) is 61.1 Å². The van der Waals surface area contributed by atoms with Gasteiger partial charge in [0.25, 0.3) is 5.91 Å². The lowest BCUT2D eigenvalue weighted by atomic mass is 10.2. The maximum atomic E-state index is 12.7. The molecule has 9 nitrogen and oxygen atoms in total. The molecule has 1 aromatic carbocycles. The predicted molar refractivity (Wildman–Crippen MR) is 112 cm³/mol. The van der Waals surface area contributed by atoms with Gasteiger partial charge in [0, 0.05) is 18.5 Å². The summed E-state index contributed by atoms with van der Waals surface area (Å²) < 4.78 is 21.3. The molecule has 1 atom stereocenters. The van der Waals surface area contributed by atoms with Gasteiger partial charge >= 0.3 is 5.97 Å². The number of ether oxygens (including phenoxy) is 4. The number of nitrogens with zero attached hydrogens (tertiary/aromatic N) is 2. The van der Waals surface area contributed by atoms with Crippen molar-refractivity contribution in [1.29, 1.82) is 0 Å². The highest BCUT2D eigenvalue weighted by Crippen LogP contribution is 2.29. The van der Waals surface area contributed by atoms with E-state index in [1.54, 1.807) is 42.6 Å². The summed E-state index contributed by atoms with van der Waals surface area (Å²) in [6, 6.07) is 11.4. The van der Waals surface area contributed by atoms with Gasteiger partial charge in [-0.15, -0.1) is 0 Å². The van der Waals surface area contributed by atoms with Crippen molar-refractivity contribution in [2.24, 2.45) is 0 Å². The Balaban J connectivity index is 1.70. The third-order valence-corrected chi connectivity index (χ3v) is 4.16. The first-order chi connectivity index (χ1) is 15.0. The maximum absolute atomic E-state index is 12.7. The van der Waals surface area contributed by atoms with Crippen molar-refractivity contribution >= 4 is 17.6 Å². The summed E-state index contributed by atoms with van der Waals surface area (Å²) in [7, 11) is 2.99. The van der Waals surface area contributed by atoms with Crippen LogP contribution in [0.5, 0.6) is 23.1 Å². The minimum absolute atomic E-state index is 0.0440. The van der Waals surface area contributed by atoms with E-state index in [1.165, 1.54) is 39.6 Å². The SMILES string of the molecule is COc1ccc(OC)c(NC(=O)C(C)OC(=O)c2cccnc2Oc2cccnc2)c1. The second-order valence-corrected chi connectivity index (χ2v) is 6.25. The molecular weight excluding hydrogens is 402 g/mol. The lowest BCUT2D eigenvalue weighted by Gasteiger charge is -2.16. The standard InChI is InChI=1S/C22H21N3O6/c1-14(20(26)25-18-12-15(28-2)8-9-19(18)29-3)30-22(27)17-7-5-11-24-21(17)31-16-6-4-10-23-13-16/h4-14H,1-3H3,(H,25,26). The molecule has 0 radical (unpaired) electrons. The van der Waals surface area contributed by atoms with E-state index < -0.39 is 18.0 Å². The number of amides is 1. The maximum Gasteiger partial charge on any atom is 0.344 e. The molecule has 0 fully saturated rings. The van der Waals surface area contributed by atoms with Gasteiger partial charge in [0.2, 0.25) is 5.88 Å². The Bertz CT molecular complexity index is 1060. The molecule has 0 saturated carbocycles. The van der Waals surface area contributed by atoms with Crippen molar-refractivity contribution < 1.29 is 28.5 Å². The molecule has 9 heteroatoms. The number of esters is 1. The molecule has 0 bridgehead atoms. The number of hydrogen-bond acceptors (Lipinski definition) is 8. The number of nitrogens with one attached hydrogen (secondary N) is 1. The van der Waals surface area contributed by atoms with Crippen molar-refractivity contribution in [2.75, 3.05) is 19.5 Å². The number of carbonyl (C=O) groups is 2. The Hall–Kier alpha value is -4.14. The summed E-state index contributed by atoms with van der Waals surface area (Å²) in [5.41, 5.74) is 0.460. The van der Waals surface area contributed by atoms with Crippen molar-refractivity contribution in [3.8, 4) is 23.1 Å². The lowest BCUT2D eigenvalue weighted by molar-refractivity contribution is -0.123. The zero-order valence-electron chi connectivity index (χ0n) is 17.2. The molecule has 1 N–H and O–H groups in total. The molecule has 0 saturated heterocycles. The van der Waals surface area contributed by atoms with E-state index in [0.717, 1.165) is 0 Å². The minimum Gasteiger partial charge on any atom is -0.497 e. The quantitative estimate of drug-likeness (QED) is 0.549. The predicted octanol–water partition coefficient (Wildman–Crippen LogP) is 3.47. The fourth-order valence-electron chi connectivity index (χ4n) is 2.57. The second kappa shape index (κ2) is 10.1. The topological polar surface area (TPSA) is 109 Å². The van der Waals surface area contributed by atoms with Crippen molar-refractivity contribution in [3.63, 3.8) is 0 Å². The fraction of sp³-hybridized carbons (Fsp3) is 0.182. The van der Waals surface area contributed by atoms with E-state index in [-0.39, 0.29) is 11.4 Å². The summed E-state index contributed by atoms with van der Waals surface area (Å²) in [4.78, 5) is 33.3. The van der Waals surface area contributed by atoms with Gasteiger partial charge in [0.05, 0.1) is 26.1 Å². The van der Waals surface area contributed by atoms with Crippen LogP contribution < -0.4 is 19.5 Å². The molecule has 1 amide bonds. The number of methoxy groups -OCH3 is 2. The Morgan fingerprint density at radius 1 is 1.00 bits per heavy atom. The highest BCUT2D eigenvalue weighted by atomic mass is 16.6. The van der Waals surface area contributed by atoms with Crippen LogP contribution in [0.4, 0.5) is 5.69 Å². The van der Waals surface area contributed by atoms with Crippen molar-refractivity contribution in [1.82, 2.24) is 9.97 Å². The number of benzene rings is 1. The van der Waals surface area contributed by atoms with E-state index in [2.05, 4.69) is 15.3 Å². The van der Waals surface area contributed by atoms with Gasteiger partial charge in [-0.1, -0.05) is 0 Å². The molecule has 31 heavy (non-hydrogen) atoms. The average molecular weight is 423 g/mol. The second-order valence-electron chi connectivity index (χ2n) is 6.25. The molecular formula is C22H21N3O6. The van der Waals surface area contributed by atoms with Gasteiger partial charge in [-0.05, 0) is 43.3 Å². The van der Waals surface area contributed by atoms with E-state index >= 15 is 0 Å². The normalized spacial score (nSPS) is 11.2. The van der Waals surface area contributed by atoms with Gasteiger partial charge in [0.1, 0.15) is 22.8 Å². The molecule has 0 aliphatic carbocycles. The molecule has 160 valence electrons. The van der Waals surface area contributed by atoms with E-state index in [1.807, 2.05) is 0 Å². The van der Waals surface area contributed by atoms with Crippen LogP contribution in [0.1, 0.15) is 17.3 Å². The Kier molecular flexibility index (Phi) is 7.00. The summed E-state index contributed by atoms with van der Waals surface area (Å²) in [5, 5.41) is 2.67. The van der Waals surface area contributed by atoms with Crippen LogP contribution in [0.2, 0.25) is 0 Å². The highest BCUT2D eigenvalue weighted by Gasteiger charge is 2.23. The number of pyridine rings is 2. The van der Waals surface area contributed by atoms with E-state index in [4.69, 9.17) is 18.9 Å². The van der Waals surface area contributed by atoms with Crippen molar-refractivity contribution in [3.05, 3.63) is 66.6 Å².